The molecule has 0 radical (unpaired) electrons. The smallest absolute Gasteiger partial charge is 0.375 e. The van der Waals surface area contributed by atoms with Gasteiger partial charge in [0.05, 0.1) is 0 Å². The quantitative estimate of drug-likeness (QED) is 0.0771. The molecule has 25 heteroatoms. The first-order valence-electron chi connectivity index (χ1n) is 11.9. The van der Waals surface area contributed by atoms with Gasteiger partial charge in [-0.05, 0) is 150 Å². The van der Waals surface area contributed by atoms with Gasteiger partial charge in [0.15, 0.2) is 17.2 Å². The summed E-state index contributed by atoms with van der Waals surface area (Å²) in [5, 5.41) is -1.53. The van der Waals surface area contributed by atoms with Crippen LogP contribution in [0.2, 0.25) is 0 Å². The van der Waals surface area contributed by atoms with Crippen molar-refractivity contribution >= 4 is 142 Å². The van der Waals surface area contributed by atoms with E-state index in [9.17, 15) is 64.8 Å². The molecule has 0 saturated carbocycles. The van der Waals surface area contributed by atoms with E-state index >= 15 is 0 Å². The molecule has 0 aromatic heterocycles. The normalized spacial score (nSPS) is 13.6. The molecule has 0 amide bonds. The SMILES string of the molecule is Cc1cc(I)c(I)c2ccc(OS(=O)(=O)C(F)(F)F)c(-c3c(OS(=O)(=O)C(F)(F)F)ccc4c(I)c(I)cc(OS(=O)(=O)C(F)(F)F)c34)c12. The summed E-state index contributed by atoms with van der Waals surface area (Å²) in [5.74, 6) is -4.06. The highest BCUT2D eigenvalue weighted by atomic mass is 127. The van der Waals surface area contributed by atoms with Gasteiger partial charge >= 0.3 is 46.9 Å². The highest BCUT2D eigenvalue weighted by molar-refractivity contribution is 14.1. The Bertz CT molecular complexity index is 2380. The lowest BCUT2D eigenvalue weighted by molar-refractivity contribution is -0.0505. The fraction of sp³-hybridized carbons (Fsp3) is 0.167. The number of alkyl halides is 9. The van der Waals surface area contributed by atoms with Gasteiger partial charge in [-0.3, -0.25) is 0 Å². The van der Waals surface area contributed by atoms with Gasteiger partial charge in [-0.1, -0.05) is 0 Å². The summed E-state index contributed by atoms with van der Waals surface area (Å²) >= 11 is 6.71. The molecule has 4 rings (SSSR count). The van der Waals surface area contributed by atoms with Crippen molar-refractivity contribution in [1.29, 1.82) is 0 Å². The number of aryl methyl sites for hydroxylation is 1. The van der Waals surface area contributed by atoms with Gasteiger partial charge in [-0.2, -0.15) is 64.8 Å². The van der Waals surface area contributed by atoms with E-state index in [4.69, 9.17) is 0 Å². The number of halogens is 13. The summed E-state index contributed by atoms with van der Waals surface area (Å²) in [5.41, 5.74) is -20.4. The van der Waals surface area contributed by atoms with Crippen LogP contribution in [0.25, 0.3) is 32.7 Å². The predicted molar refractivity (Wildman–Crippen MR) is 189 cm³/mol. The molecule has 4 aromatic rings. The van der Waals surface area contributed by atoms with Crippen LogP contribution in [-0.2, 0) is 30.4 Å². The molecule has 0 fully saturated rings. The number of hydrogen-bond acceptors (Lipinski definition) is 9. The molecule has 268 valence electrons. The Morgan fingerprint density at radius 3 is 1.22 bits per heavy atom. The van der Waals surface area contributed by atoms with Crippen LogP contribution in [-0.4, -0.2) is 41.8 Å². The van der Waals surface area contributed by atoms with Crippen LogP contribution in [0.4, 0.5) is 39.5 Å². The summed E-state index contributed by atoms with van der Waals surface area (Å²) in [7, 11) is -19.9. The molecule has 0 saturated heterocycles. The molecule has 0 aliphatic heterocycles. The lowest BCUT2D eigenvalue weighted by Gasteiger charge is -2.23. The van der Waals surface area contributed by atoms with Crippen molar-refractivity contribution < 1.29 is 77.3 Å². The molecule has 0 aliphatic rings. The highest BCUT2D eigenvalue weighted by Gasteiger charge is 2.51. The maximum Gasteiger partial charge on any atom is 0.534 e. The standard InChI is InChI=1S/C24H9F9I4O9S3/c1-8-6-11(34)20(36)9-2-4-13(44-47(38,39)22(25,26)27)18(16(8)9)19-14(45-48(40,41)23(28,29)30)5-3-10-17(19)15(7-12(35)21(10)37)46-49(42,43)24(31,32)33/h2-7H,1H3. The van der Waals surface area contributed by atoms with Crippen molar-refractivity contribution in [2.24, 2.45) is 0 Å². The number of benzene rings is 4. The van der Waals surface area contributed by atoms with Gasteiger partial charge in [-0.25, -0.2) is 0 Å². The third-order valence-corrected chi connectivity index (χ3v) is 15.2. The molecule has 0 bridgehead atoms. The summed E-state index contributed by atoms with van der Waals surface area (Å²) < 4.78 is 210. The van der Waals surface area contributed by atoms with E-state index in [0.717, 1.165) is 12.1 Å². The second kappa shape index (κ2) is 13.4. The molecule has 0 heterocycles. The Balaban J connectivity index is 2.40. The van der Waals surface area contributed by atoms with E-state index in [1.807, 2.05) is 22.6 Å². The molecule has 0 N–H and O–H groups in total. The van der Waals surface area contributed by atoms with E-state index in [1.165, 1.54) is 35.6 Å². The van der Waals surface area contributed by atoms with Crippen molar-refractivity contribution in [1.82, 2.24) is 0 Å². The number of fused-ring (bicyclic) bond motifs is 2. The second-order valence-electron chi connectivity index (χ2n) is 9.33. The average molecular weight is 1220 g/mol. The molecule has 0 atom stereocenters. The molecule has 0 aliphatic carbocycles. The van der Waals surface area contributed by atoms with Crippen LogP contribution >= 0.6 is 90.4 Å². The maximum atomic E-state index is 13.6. The Kier molecular flexibility index (Phi) is 11.1. The maximum absolute atomic E-state index is 13.6. The van der Waals surface area contributed by atoms with Crippen molar-refractivity contribution in [2.45, 2.75) is 23.4 Å². The largest absolute Gasteiger partial charge is 0.534 e. The van der Waals surface area contributed by atoms with Crippen molar-refractivity contribution in [2.75, 3.05) is 0 Å². The Morgan fingerprint density at radius 1 is 0.510 bits per heavy atom. The average Bonchev–Trinajstić information content (AvgIpc) is 2.92. The van der Waals surface area contributed by atoms with Crippen LogP contribution in [0.3, 0.4) is 0 Å². The first-order valence-corrected chi connectivity index (χ1v) is 20.4. The Morgan fingerprint density at radius 2 is 0.837 bits per heavy atom. The molecular formula is C24H9F9I4O9S3. The molecule has 0 spiro atoms. The molecule has 4 aromatic carbocycles. The molecular weight excluding hydrogens is 1210 g/mol. The third kappa shape index (κ3) is 7.70. The first-order chi connectivity index (χ1) is 22.0. The Labute approximate surface area is 324 Å². The summed E-state index contributed by atoms with van der Waals surface area (Å²) in [6.45, 7) is 1.31. The number of hydrogen-bond donors (Lipinski definition) is 0. The van der Waals surface area contributed by atoms with Crippen LogP contribution in [0, 0.1) is 21.2 Å². The summed E-state index contributed by atoms with van der Waals surface area (Å²) in [6.07, 6.45) is 0. The topological polar surface area (TPSA) is 130 Å². The van der Waals surface area contributed by atoms with Gasteiger partial charge < -0.3 is 12.5 Å². The lowest BCUT2D eigenvalue weighted by atomic mass is 9.90. The zero-order valence-electron chi connectivity index (χ0n) is 22.8. The van der Waals surface area contributed by atoms with E-state index in [1.54, 1.807) is 45.2 Å². The van der Waals surface area contributed by atoms with Crippen molar-refractivity contribution in [3.63, 3.8) is 0 Å². The zero-order chi connectivity index (χ0) is 37.4. The third-order valence-electron chi connectivity index (χ3n) is 6.17. The fourth-order valence-electron chi connectivity index (χ4n) is 4.23. The predicted octanol–water partition coefficient (Wildman–Crippen LogP) is 9.07. The van der Waals surface area contributed by atoms with E-state index in [0.29, 0.717) is 25.3 Å². The van der Waals surface area contributed by atoms with Gasteiger partial charge in [0, 0.05) is 36.2 Å². The monoisotopic (exact) mass is 1220 g/mol. The van der Waals surface area contributed by atoms with Crippen LogP contribution in [0.15, 0.2) is 36.4 Å². The molecule has 0 unspecified atom stereocenters. The summed E-state index contributed by atoms with van der Waals surface area (Å²) in [4.78, 5) is 0. The lowest BCUT2D eigenvalue weighted by Crippen LogP contribution is -2.29. The molecule has 49 heavy (non-hydrogen) atoms. The Hall–Kier alpha value is -1.06. The van der Waals surface area contributed by atoms with Gasteiger partial charge in [-0.15, -0.1) is 0 Å². The minimum atomic E-state index is -6.67. The van der Waals surface area contributed by atoms with Gasteiger partial charge in [0.2, 0.25) is 0 Å². The van der Waals surface area contributed by atoms with Gasteiger partial charge in [0.25, 0.3) is 0 Å². The van der Waals surface area contributed by atoms with Crippen molar-refractivity contribution in [3.8, 4) is 28.4 Å². The van der Waals surface area contributed by atoms with E-state index in [-0.39, 0.29) is 28.9 Å². The van der Waals surface area contributed by atoms with Crippen LogP contribution < -0.4 is 12.5 Å². The van der Waals surface area contributed by atoms with E-state index in [2.05, 4.69) is 12.5 Å². The molecule has 9 nitrogen and oxygen atoms in total. The zero-order valence-corrected chi connectivity index (χ0v) is 33.9. The second-order valence-corrected chi connectivity index (χ2v) is 18.4. The van der Waals surface area contributed by atoms with E-state index < -0.39 is 80.6 Å². The van der Waals surface area contributed by atoms with Crippen molar-refractivity contribution in [3.05, 3.63) is 56.2 Å². The summed E-state index contributed by atoms with van der Waals surface area (Å²) in [6, 6.07) is 5.10. The van der Waals surface area contributed by atoms with Crippen LogP contribution in [0.1, 0.15) is 5.56 Å². The fourth-order valence-corrected chi connectivity index (χ4v) is 8.17. The van der Waals surface area contributed by atoms with Gasteiger partial charge in [0.1, 0.15) is 0 Å². The highest BCUT2D eigenvalue weighted by Crippen LogP contribution is 2.52. The number of rotatable bonds is 7. The van der Waals surface area contributed by atoms with Crippen LogP contribution in [0.5, 0.6) is 17.2 Å². The first kappa shape index (κ1) is 40.7. The minimum Gasteiger partial charge on any atom is -0.375 e. The minimum absolute atomic E-state index is 0.0186.